The van der Waals surface area contributed by atoms with Gasteiger partial charge in [-0.1, -0.05) is 37.1 Å². The van der Waals surface area contributed by atoms with Gasteiger partial charge in [-0.15, -0.1) is 0 Å². The van der Waals surface area contributed by atoms with Gasteiger partial charge in [0.2, 0.25) is 18.6 Å². The quantitative estimate of drug-likeness (QED) is 0.277. The Hall–Kier alpha value is -2.60. The molecule has 5 atom stereocenters. The van der Waals surface area contributed by atoms with Crippen LogP contribution in [0.15, 0.2) is 30.6 Å². The van der Waals surface area contributed by atoms with Crippen molar-refractivity contribution < 1.29 is 28.8 Å². The molecule has 2 aliphatic heterocycles. The van der Waals surface area contributed by atoms with Crippen LogP contribution >= 0.6 is 19.0 Å². The van der Waals surface area contributed by atoms with Gasteiger partial charge < -0.3 is 29.7 Å². The lowest BCUT2D eigenvalue weighted by atomic mass is 10.1. The third-order valence-corrected chi connectivity index (χ3v) is 10.3. The van der Waals surface area contributed by atoms with Crippen LogP contribution in [0.4, 0.5) is 5.82 Å². The molecule has 2 aromatic heterocycles. The predicted molar refractivity (Wildman–Crippen MR) is 147 cm³/mol. The number of nitrogens with zero attached hydrogens (tertiary/aromatic N) is 5. The molecule has 12 nitrogen and oxygen atoms in total. The molecule has 0 radical (unpaired) electrons. The third kappa shape index (κ3) is 5.36. The molecule has 1 saturated carbocycles. The van der Waals surface area contributed by atoms with Crippen molar-refractivity contribution >= 4 is 41.9 Å². The average molecular weight is 591 g/mol. The molecule has 3 aromatic rings. The molecule has 1 aliphatic carbocycles. The molecule has 6 rings (SSSR count). The number of aliphatic hydroxyl groups is 2. The SMILES string of the molecule is CN(C[C@H]1O[C@@H](n2cnc3c(NC4CCCC4)nc(Cl)nc32)[C@H](O)[C@@H]1O)C(=O)CP1(=O)Cc2ccccc2CO1. The van der Waals surface area contributed by atoms with E-state index < -0.39 is 37.8 Å². The van der Waals surface area contributed by atoms with E-state index in [9.17, 15) is 19.6 Å². The number of hydrogen-bond acceptors (Lipinski definition) is 10. The second kappa shape index (κ2) is 11.0. The predicted octanol–water partition coefficient (Wildman–Crippen LogP) is 2.92. The number of likely N-dealkylation sites (N-methyl/N-ethyl adjacent to an activating group) is 1. The van der Waals surface area contributed by atoms with Crippen molar-refractivity contribution in [3.05, 3.63) is 47.0 Å². The molecule has 3 N–H and O–H groups in total. The number of aliphatic hydroxyl groups excluding tert-OH is 2. The van der Waals surface area contributed by atoms with E-state index >= 15 is 0 Å². The second-order valence-electron chi connectivity index (χ2n) is 10.8. The van der Waals surface area contributed by atoms with Crippen molar-refractivity contribution in [1.82, 2.24) is 24.4 Å². The van der Waals surface area contributed by atoms with Gasteiger partial charge in [-0.3, -0.25) is 13.9 Å². The van der Waals surface area contributed by atoms with Crippen molar-refractivity contribution in [1.29, 1.82) is 0 Å². The van der Waals surface area contributed by atoms with Gasteiger partial charge in [0, 0.05) is 19.6 Å². The van der Waals surface area contributed by atoms with Crippen molar-refractivity contribution in [2.75, 3.05) is 25.1 Å². The summed E-state index contributed by atoms with van der Waals surface area (Å²) in [6.07, 6.45) is 1.22. The molecule has 1 saturated heterocycles. The number of amides is 1. The van der Waals surface area contributed by atoms with Gasteiger partial charge in [0.15, 0.2) is 23.2 Å². The summed E-state index contributed by atoms with van der Waals surface area (Å²) in [7, 11) is -1.67. The number of ether oxygens (including phenoxy) is 1. The van der Waals surface area contributed by atoms with Crippen molar-refractivity contribution in [3.8, 4) is 0 Å². The van der Waals surface area contributed by atoms with Crippen molar-refractivity contribution in [3.63, 3.8) is 0 Å². The Morgan fingerprint density at radius 1 is 1.20 bits per heavy atom. The molecule has 214 valence electrons. The highest BCUT2D eigenvalue weighted by atomic mass is 35.5. The zero-order valence-electron chi connectivity index (χ0n) is 22.0. The number of nitrogens with one attached hydrogen (secondary N) is 1. The maximum atomic E-state index is 13.3. The standard InChI is InChI=1S/C26H32ClN6O6P/c1-32(19(34)13-40(37)12-16-7-3-2-6-15(16)11-38-40)10-18-21(35)22(36)25(39-18)33-14-28-20-23(29-17-8-4-5-9-17)30-26(27)31-24(20)33/h2-3,6-7,14,17-18,21-22,25,35-36H,4-5,8-13H2,1H3,(H,29,30,31)/t18-,21-,22-,25-,40?/m1/s1. The second-order valence-corrected chi connectivity index (χ2v) is 13.6. The normalized spacial score (nSPS) is 28.6. The minimum Gasteiger partial charge on any atom is -0.387 e. The molecule has 0 spiro atoms. The van der Waals surface area contributed by atoms with Crippen LogP contribution in [0, 0.1) is 0 Å². The molecule has 14 heteroatoms. The van der Waals surface area contributed by atoms with E-state index in [1.54, 1.807) is 7.05 Å². The summed E-state index contributed by atoms with van der Waals surface area (Å²) < 4.78 is 26.5. The number of benzene rings is 1. The summed E-state index contributed by atoms with van der Waals surface area (Å²) in [6.45, 7) is 0.175. The summed E-state index contributed by atoms with van der Waals surface area (Å²) in [5.74, 6) is 0.115. The summed E-state index contributed by atoms with van der Waals surface area (Å²) in [5, 5.41) is 25.1. The molecular weight excluding hydrogens is 559 g/mol. The van der Waals surface area contributed by atoms with Crippen LogP contribution in [0.1, 0.15) is 43.0 Å². The molecule has 1 unspecified atom stereocenters. The average Bonchev–Trinajstić information content (AvgIpc) is 3.65. The number of carbonyl (C=O) groups excluding carboxylic acids is 1. The Morgan fingerprint density at radius 2 is 1.95 bits per heavy atom. The number of halogens is 1. The zero-order chi connectivity index (χ0) is 28.0. The first kappa shape index (κ1) is 27.6. The van der Waals surface area contributed by atoms with Crippen LogP contribution in [0.25, 0.3) is 11.2 Å². The van der Waals surface area contributed by atoms with Gasteiger partial charge in [0.05, 0.1) is 19.1 Å². The lowest BCUT2D eigenvalue weighted by Crippen LogP contribution is -2.41. The summed E-state index contributed by atoms with van der Waals surface area (Å²) in [4.78, 5) is 27.4. The number of rotatable bonds is 7. The van der Waals surface area contributed by atoms with Crippen LogP contribution in [-0.2, 0) is 31.4 Å². The number of fused-ring (bicyclic) bond motifs is 2. The number of carbonyl (C=O) groups is 1. The minimum atomic E-state index is -3.22. The van der Waals surface area contributed by atoms with Crippen molar-refractivity contribution in [2.45, 2.75) is 69.0 Å². The third-order valence-electron chi connectivity index (χ3n) is 7.94. The molecule has 40 heavy (non-hydrogen) atoms. The maximum Gasteiger partial charge on any atom is 0.232 e. The summed E-state index contributed by atoms with van der Waals surface area (Å²) in [5.41, 5.74) is 2.73. The van der Waals surface area contributed by atoms with Crippen LogP contribution in [-0.4, -0.2) is 84.6 Å². The van der Waals surface area contributed by atoms with E-state index in [2.05, 4.69) is 20.3 Å². The molecule has 4 heterocycles. The van der Waals surface area contributed by atoms with Gasteiger partial charge in [-0.2, -0.15) is 9.97 Å². The van der Waals surface area contributed by atoms with Gasteiger partial charge in [0.1, 0.15) is 24.5 Å². The van der Waals surface area contributed by atoms with E-state index in [1.807, 2.05) is 24.3 Å². The number of imidazole rings is 1. The Kier molecular flexibility index (Phi) is 7.58. The monoisotopic (exact) mass is 590 g/mol. The molecule has 2 fully saturated rings. The minimum absolute atomic E-state index is 0.0205. The van der Waals surface area contributed by atoms with Crippen LogP contribution in [0.3, 0.4) is 0 Å². The Morgan fingerprint density at radius 3 is 2.73 bits per heavy atom. The first-order valence-electron chi connectivity index (χ1n) is 13.4. The Labute approximate surface area is 236 Å². The van der Waals surface area contributed by atoms with Crippen LogP contribution < -0.4 is 5.32 Å². The van der Waals surface area contributed by atoms with E-state index in [-0.39, 0.29) is 36.8 Å². The summed E-state index contributed by atoms with van der Waals surface area (Å²) >= 11 is 6.23. The highest BCUT2D eigenvalue weighted by Crippen LogP contribution is 2.54. The van der Waals surface area contributed by atoms with E-state index in [0.29, 0.717) is 17.0 Å². The fourth-order valence-corrected chi connectivity index (χ4v) is 8.01. The molecular formula is C26H32ClN6O6P. The lowest BCUT2D eigenvalue weighted by molar-refractivity contribution is -0.130. The highest BCUT2D eigenvalue weighted by molar-refractivity contribution is 7.59. The molecule has 1 aromatic carbocycles. The first-order valence-corrected chi connectivity index (χ1v) is 15.8. The van der Waals surface area contributed by atoms with Crippen LogP contribution in [0.2, 0.25) is 5.28 Å². The van der Waals surface area contributed by atoms with Crippen molar-refractivity contribution in [2.24, 2.45) is 0 Å². The Bertz CT molecular complexity index is 1460. The number of anilines is 1. The fourth-order valence-electron chi connectivity index (χ4n) is 5.70. The molecule has 0 bridgehead atoms. The smallest absolute Gasteiger partial charge is 0.232 e. The Balaban J connectivity index is 1.14. The number of hydrogen-bond donors (Lipinski definition) is 3. The number of aromatic nitrogens is 4. The van der Waals surface area contributed by atoms with Gasteiger partial charge in [0.25, 0.3) is 0 Å². The first-order chi connectivity index (χ1) is 19.2. The highest BCUT2D eigenvalue weighted by Gasteiger charge is 2.45. The fraction of sp³-hybridized carbons (Fsp3) is 0.538. The topological polar surface area (TPSA) is 152 Å². The lowest BCUT2D eigenvalue weighted by Gasteiger charge is -2.28. The van der Waals surface area contributed by atoms with E-state index in [0.717, 1.165) is 36.8 Å². The maximum absolute atomic E-state index is 13.3. The van der Waals surface area contributed by atoms with Gasteiger partial charge in [-0.05, 0) is 35.6 Å². The van der Waals surface area contributed by atoms with Crippen LogP contribution in [0.5, 0.6) is 0 Å². The zero-order valence-corrected chi connectivity index (χ0v) is 23.7. The summed E-state index contributed by atoms with van der Waals surface area (Å²) in [6, 6.07) is 7.86. The molecule has 3 aliphatic rings. The largest absolute Gasteiger partial charge is 0.387 e. The van der Waals surface area contributed by atoms with Gasteiger partial charge >= 0.3 is 0 Å². The van der Waals surface area contributed by atoms with E-state index in [1.165, 1.54) is 15.8 Å². The van der Waals surface area contributed by atoms with Gasteiger partial charge in [-0.25, -0.2) is 4.98 Å². The van der Waals surface area contributed by atoms with E-state index in [4.69, 9.17) is 20.9 Å². The molecule has 1 amide bonds.